The molecular weight excluding hydrogens is 314 g/mol. The fourth-order valence-corrected chi connectivity index (χ4v) is 1.43. The molecule has 2 rings (SSSR count). The molecule has 2 aromatic carbocycles. The largest absolute Gasteiger partial charge is 2.00 e. The van der Waals surface area contributed by atoms with Crippen LogP contribution in [0, 0.1) is 6.07 Å². The molecule has 0 aliphatic heterocycles. The van der Waals surface area contributed by atoms with Crippen LogP contribution in [0.3, 0.4) is 0 Å². The van der Waals surface area contributed by atoms with Gasteiger partial charge in [-0.1, -0.05) is 12.1 Å². The number of rotatable bonds is 1. The van der Waals surface area contributed by atoms with Crippen LogP contribution in [-0.2, 0) is 25.7 Å². The Balaban J connectivity index is 0.00000144. The van der Waals surface area contributed by atoms with Crippen LogP contribution >= 0.6 is 0 Å². The minimum atomic E-state index is -4.27. The summed E-state index contributed by atoms with van der Waals surface area (Å²) in [5, 5.41) is 0. The van der Waals surface area contributed by atoms with Crippen molar-refractivity contribution in [3.63, 3.8) is 0 Å². The molecule has 0 amide bonds. The van der Waals surface area contributed by atoms with Crippen LogP contribution < -0.4 is 12.4 Å². The number of hydrogen-bond acceptors (Lipinski definition) is 0. The van der Waals surface area contributed by atoms with E-state index in [4.69, 9.17) is 0 Å². The summed E-state index contributed by atoms with van der Waals surface area (Å²) in [4.78, 5) is 0. The summed E-state index contributed by atoms with van der Waals surface area (Å²) in [6, 6.07) is 15.1. The first-order chi connectivity index (χ1) is 7.57. The second-order valence-electron chi connectivity index (χ2n) is 3.36. The van der Waals surface area contributed by atoms with Gasteiger partial charge in [0.25, 0.3) is 0 Å². The quantitative estimate of drug-likeness (QED) is 0.546. The van der Waals surface area contributed by atoms with Gasteiger partial charge < -0.3 is 12.4 Å². The second kappa shape index (κ2) is 6.91. The minimum absolute atomic E-state index is 0. The number of benzene rings is 2. The third kappa shape index (κ3) is 4.11. The van der Waals surface area contributed by atoms with E-state index in [-0.39, 0.29) is 31.9 Å². The van der Waals surface area contributed by atoms with Crippen molar-refractivity contribution in [1.82, 2.24) is 0 Å². The van der Waals surface area contributed by atoms with Crippen LogP contribution in [-0.4, -0.2) is 0 Å². The first kappa shape index (κ1) is 17.1. The van der Waals surface area contributed by atoms with Crippen molar-refractivity contribution in [3.8, 4) is 11.1 Å². The zero-order valence-corrected chi connectivity index (χ0v) is 13.1. The van der Waals surface area contributed by atoms with Crippen molar-refractivity contribution >= 4 is 0 Å². The minimum Gasteiger partial charge on any atom is -1.00 e. The topological polar surface area (TPSA) is 0 Å². The van der Waals surface area contributed by atoms with Crippen LogP contribution in [0.15, 0.2) is 48.5 Å². The average Bonchev–Trinajstić information content (AvgIpc) is 2.29. The van der Waals surface area contributed by atoms with Crippen molar-refractivity contribution in [2.45, 2.75) is 6.18 Å². The first-order valence-electron chi connectivity index (χ1n) is 4.71. The smallest absolute Gasteiger partial charge is 1.00 e. The molecule has 90 valence electrons. The molecule has 0 saturated heterocycles. The zero-order chi connectivity index (χ0) is 11.6. The van der Waals surface area contributed by atoms with Crippen LogP contribution in [0.1, 0.15) is 5.56 Å². The van der Waals surface area contributed by atoms with E-state index in [0.717, 1.165) is 23.3 Å². The third-order valence-corrected chi connectivity index (χ3v) is 2.26. The van der Waals surface area contributed by atoms with Gasteiger partial charge in [-0.05, 0) is 17.7 Å². The summed E-state index contributed by atoms with van der Waals surface area (Å²) >= 11 is 0. The molecule has 0 aliphatic carbocycles. The monoisotopic (exact) mass is 320 g/mol. The summed E-state index contributed by atoms with van der Waals surface area (Å²) in [6.45, 7) is 0. The molecule has 0 N–H and O–H groups in total. The second-order valence-corrected chi connectivity index (χ2v) is 3.36. The van der Waals surface area contributed by atoms with E-state index in [1.165, 1.54) is 12.1 Å². The summed E-state index contributed by atoms with van der Waals surface area (Å²) in [7, 11) is 0. The van der Waals surface area contributed by atoms with Crippen LogP contribution in [0.2, 0.25) is 0 Å². The number of halogens is 4. The Bertz CT molecular complexity index is 466. The van der Waals surface area contributed by atoms with E-state index in [2.05, 4.69) is 6.07 Å². The Morgan fingerprint density at radius 2 is 1.22 bits per heavy atom. The first-order valence-corrected chi connectivity index (χ1v) is 4.71. The Kier molecular flexibility index (Phi) is 6.58. The van der Waals surface area contributed by atoms with Gasteiger partial charge in [-0.25, -0.2) is 0 Å². The van der Waals surface area contributed by atoms with Crippen molar-refractivity contribution in [3.05, 3.63) is 60.2 Å². The molecule has 0 atom stereocenters. The standard InChI is InChI=1S/C13H8F3.ClH.Zn/c14-13(15,16)12-8-6-11(7-9-12)10-4-2-1-3-5-10;;/h2-9H;1H;/q-1;;+2/p-1. The maximum Gasteiger partial charge on any atom is 2.00 e. The molecule has 2 aromatic rings. The van der Waals surface area contributed by atoms with Gasteiger partial charge >= 0.3 is 25.7 Å². The molecule has 0 heterocycles. The summed E-state index contributed by atoms with van der Waals surface area (Å²) in [6.07, 6.45) is -4.27. The predicted molar refractivity (Wildman–Crippen MR) is 55.7 cm³/mol. The normalized spacial score (nSPS) is 10.2. The molecule has 0 unspecified atom stereocenters. The molecule has 0 fully saturated rings. The molecule has 0 spiro atoms. The van der Waals surface area contributed by atoms with Crippen LogP contribution in [0.5, 0.6) is 0 Å². The fourth-order valence-electron chi connectivity index (χ4n) is 1.43. The van der Waals surface area contributed by atoms with Crippen molar-refractivity contribution in [2.24, 2.45) is 0 Å². The van der Waals surface area contributed by atoms with Crippen LogP contribution in [0.4, 0.5) is 13.2 Å². The van der Waals surface area contributed by atoms with Crippen molar-refractivity contribution < 1.29 is 45.1 Å². The zero-order valence-electron chi connectivity index (χ0n) is 9.34. The van der Waals surface area contributed by atoms with Gasteiger partial charge in [-0.2, -0.15) is 43.5 Å². The maximum atomic E-state index is 12.3. The van der Waals surface area contributed by atoms with Gasteiger partial charge in [0, 0.05) is 0 Å². The summed E-state index contributed by atoms with van der Waals surface area (Å²) in [5.41, 5.74) is 1.02. The Hall–Kier alpha value is -0.857. The van der Waals surface area contributed by atoms with Gasteiger partial charge in [-0.15, -0.1) is 5.56 Å². The van der Waals surface area contributed by atoms with Gasteiger partial charge in [0.15, 0.2) is 0 Å². The Labute approximate surface area is 122 Å². The number of hydrogen-bond donors (Lipinski definition) is 0. The van der Waals surface area contributed by atoms with Crippen molar-refractivity contribution in [2.75, 3.05) is 0 Å². The van der Waals surface area contributed by atoms with Gasteiger partial charge in [0.05, 0.1) is 5.56 Å². The summed E-state index contributed by atoms with van der Waals surface area (Å²) in [5.74, 6) is 0. The molecule has 0 radical (unpaired) electrons. The average molecular weight is 322 g/mol. The molecule has 0 saturated carbocycles. The maximum absolute atomic E-state index is 12.3. The van der Waals surface area contributed by atoms with E-state index >= 15 is 0 Å². The predicted octanol–water partition coefficient (Wildman–Crippen LogP) is 1.17. The fraction of sp³-hybridized carbons (Fsp3) is 0.0769. The molecule has 0 aliphatic rings. The van der Waals surface area contributed by atoms with E-state index < -0.39 is 11.7 Å². The Morgan fingerprint density at radius 3 is 1.67 bits per heavy atom. The molecule has 0 aromatic heterocycles. The van der Waals surface area contributed by atoms with Gasteiger partial charge in [0.2, 0.25) is 0 Å². The number of alkyl halides is 3. The molecule has 0 nitrogen and oxygen atoms in total. The van der Waals surface area contributed by atoms with Gasteiger partial charge in [0.1, 0.15) is 0 Å². The SMILES string of the molecule is FC(F)(F)c1ccc(-c2cc[c-]cc2)cc1.[Cl-].[Zn+2]. The van der Waals surface area contributed by atoms with E-state index in [1.54, 1.807) is 12.1 Å². The molecule has 5 heteroatoms. The van der Waals surface area contributed by atoms with E-state index in [1.807, 2.05) is 12.1 Å². The molecule has 0 bridgehead atoms. The molecule has 18 heavy (non-hydrogen) atoms. The van der Waals surface area contributed by atoms with Crippen molar-refractivity contribution in [1.29, 1.82) is 0 Å². The summed E-state index contributed by atoms with van der Waals surface area (Å²) < 4.78 is 37.0. The van der Waals surface area contributed by atoms with E-state index in [9.17, 15) is 13.2 Å². The van der Waals surface area contributed by atoms with E-state index in [0.29, 0.717) is 0 Å². The Morgan fingerprint density at radius 1 is 0.778 bits per heavy atom. The van der Waals surface area contributed by atoms with Gasteiger partial charge in [-0.3, -0.25) is 0 Å². The van der Waals surface area contributed by atoms with Crippen LogP contribution in [0.25, 0.3) is 11.1 Å². The molecular formula is C13H8ClF3Zn. The third-order valence-electron chi connectivity index (χ3n) is 2.26.